The Kier molecular flexibility index (Phi) is 5.19. The minimum Gasteiger partial charge on any atom is -0.481 e. The first kappa shape index (κ1) is 16.5. The van der Waals surface area contributed by atoms with E-state index in [1.807, 2.05) is 30.3 Å². The number of benzene rings is 1. The molecule has 120 valence electrons. The number of carboxylic acids is 1. The Hall–Kier alpha value is -1.88. The Morgan fingerprint density at radius 1 is 1.32 bits per heavy atom. The molecule has 1 aliphatic rings. The Balaban J connectivity index is 1.88. The summed E-state index contributed by atoms with van der Waals surface area (Å²) in [5, 5.41) is 11.9. The molecule has 1 fully saturated rings. The Morgan fingerprint density at radius 3 is 2.64 bits per heavy atom. The summed E-state index contributed by atoms with van der Waals surface area (Å²) in [6.45, 7) is 4.30. The van der Waals surface area contributed by atoms with Crippen molar-refractivity contribution in [3.8, 4) is 0 Å². The van der Waals surface area contributed by atoms with E-state index < -0.39 is 11.4 Å². The van der Waals surface area contributed by atoms with Crippen molar-refractivity contribution in [1.82, 2.24) is 5.32 Å². The van der Waals surface area contributed by atoms with Crippen LogP contribution >= 0.6 is 0 Å². The highest BCUT2D eigenvalue weighted by Gasteiger charge is 2.32. The molecule has 1 aromatic rings. The first-order valence-corrected chi connectivity index (χ1v) is 7.57. The van der Waals surface area contributed by atoms with E-state index in [0.29, 0.717) is 13.2 Å². The van der Waals surface area contributed by atoms with Gasteiger partial charge in [-0.05, 0) is 25.8 Å². The fourth-order valence-electron chi connectivity index (χ4n) is 2.64. The molecular weight excluding hydrogens is 282 g/mol. The van der Waals surface area contributed by atoms with Gasteiger partial charge in [0, 0.05) is 25.5 Å². The van der Waals surface area contributed by atoms with E-state index >= 15 is 0 Å². The number of hydrogen-bond acceptors (Lipinski definition) is 3. The van der Waals surface area contributed by atoms with Gasteiger partial charge in [0.25, 0.3) is 0 Å². The molecule has 1 aliphatic heterocycles. The minimum absolute atomic E-state index is 0.00557. The maximum Gasteiger partial charge on any atom is 0.309 e. The Labute approximate surface area is 130 Å². The average molecular weight is 305 g/mol. The molecule has 0 unspecified atom stereocenters. The van der Waals surface area contributed by atoms with Crippen molar-refractivity contribution in [1.29, 1.82) is 0 Å². The van der Waals surface area contributed by atoms with Crippen LogP contribution in [0.15, 0.2) is 30.3 Å². The normalized spacial score (nSPS) is 21.5. The molecule has 0 aromatic heterocycles. The number of ether oxygens (including phenoxy) is 1. The van der Waals surface area contributed by atoms with Gasteiger partial charge < -0.3 is 15.2 Å². The van der Waals surface area contributed by atoms with E-state index in [1.165, 1.54) is 0 Å². The second-order valence-corrected chi connectivity index (χ2v) is 6.42. The molecule has 0 radical (unpaired) electrons. The molecule has 0 saturated carbocycles. The quantitative estimate of drug-likeness (QED) is 0.846. The van der Waals surface area contributed by atoms with Crippen molar-refractivity contribution >= 4 is 11.9 Å². The number of aliphatic carboxylic acids is 1. The summed E-state index contributed by atoms with van der Waals surface area (Å²) in [6.07, 6.45) is 0.864. The molecule has 1 saturated heterocycles. The van der Waals surface area contributed by atoms with Crippen LogP contribution in [0.2, 0.25) is 0 Å². The second-order valence-electron chi connectivity index (χ2n) is 6.42. The molecule has 0 bridgehead atoms. The van der Waals surface area contributed by atoms with Gasteiger partial charge in [-0.25, -0.2) is 0 Å². The fraction of sp³-hybridized carbons (Fsp3) is 0.529. The standard InChI is InChI=1S/C17H23NO4/c1-17(2,16(20)21)10-14(19)18-11-13-8-9-22-15(13)12-6-4-3-5-7-12/h3-7,13,15H,8-11H2,1-2H3,(H,18,19)(H,20,21)/t13-,15-/m0/s1. The molecule has 22 heavy (non-hydrogen) atoms. The van der Waals surface area contributed by atoms with Gasteiger partial charge in [-0.1, -0.05) is 30.3 Å². The highest BCUT2D eigenvalue weighted by atomic mass is 16.5. The van der Waals surface area contributed by atoms with Crippen LogP contribution in [0.1, 0.15) is 38.4 Å². The third-order valence-electron chi connectivity index (χ3n) is 4.09. The molecule has 5 nitrogen and oxygen atoms in total. The molecule has 1 aromatic carbocycles. The molecule has 1 heterocycles. The third-order valence-corrected chi connectivity index (χ3v) is 4.09. The molecule has 5 heteroatoms. The van der Waals surface area contributed by atoms with Crippen LogP contribution in [-0.4, -0.2) is 30.1 Å². The number of rotatable bonds is 6. The van der Waals surface area contributed by atoms with E-state index in [1.54, 1.807) is 13.8 Å². The SMILES string of the molecule is CC(C)(CC(=O)NC[C@@H]1CCO[C@H]1c1ccccc1)C(=O)O. The zero-order valence-corrected chi connectivity index (χ0v) is 13.0. The molecule has 0 spiro atoms. The minimum atomic E-state index is -1.05. The van der Waals surface area contributed by atoms with Crippen molar-refractivity contribution in [2.75, 3.05) is 13.2 Å². The van der Waals surface area contributed by atoms with Crippen molar-refractivity contribution < 1.29 is 19.4 Å². The Morgan fingerprint density at radius 2 is 2.00 bits per heavy atom. The fourth-order valence-corrected chi connectivity index (χ4v) is 2.64. The van der Waals surface area contributed by atoms with Gasteiger partial charge >= 0.3 is 5.97 Å². The van der Waals surface area contributed by atoms with E-state index in [9.17, 15) is 9.59 Å². The summed E-state index contributed by atoms with van der Waals surface area (Å²) in [5.74, 6) is -0.973. The summed E-state index contributed by atoms with van der Waals surface area (Å²) < 4.78 is 5.78. The highest BCUT2D eigenvalue weighted by Crippen LogP contribution is 2.34. The smallest absolute Gasteiger partial charge is 0.309 e. The van der Waals surface area contributed by atoms with Gasteiger partial charge in [-0.2, -0.15) is 0 Å². The predicted molar refractivity (Wildman–Crippen MR) is 82.3 cm³/mol. The summed E-state index contributed by atoms with van der Waals surface area (Å²) in [5.41, 5.74) is 0.0693. The monoisotopic (exact) mass is 305 g/mol. The van der Waals surface area contributed by atoms with Gasteiger partial charge in [-0.3, -0.25) is 9.59 Å². The van der Waals surface area contributed by atoms with Gasteiger partial charge in [0.15, 0.2) is 0 Å². The highest BCUT2D eigenvalue weighted by molar-refractivity contribution is 5.84. The summed E-state index contributed by atoms with van der Waals surface area (Å²) in [6, 6.07) is 9.96. The third kappa shape index (κ3) is 4.07. The van der Waals surface area contributed by atoms with E-state index in [0.717, 1.165) is 12.0 Å². The van der Waals surface area contributed by atoms with E-state index in [-0.39, 0.29) is 24.3 Å². The maximum absolute atomic E-state index is 11.9. The lowest BCUT2D eigenvalue weighted by atomic mass is 9.89. The lowest BCUT2D eigenvalue weighted by molar-refractivity contribution is -0.149. The molecule has 0 aliphatic carbocycles. The van der Waals surface area contributed by atoms with E-state index in [4.69, 9.17) is 9.84 Å². The maximum atomic E-state index is 11.9. The lowest BCUT2D eigenvalue weighted by Crippen LogP contribution is -2.36. The average Bonchev–Trinajstić information content (AvgIpc) is 2.94. The van der Waals surface area contributed by atoms with Gasteiger partial charge in [0.05, 0.1) is 11.5 Å². The van der Waals surface area contributed by atoms with Crippen LogP contribution in [0.5, 0.6) is 0 Å². The summed E-state index contributed by atoms with van der Waals surface area (Å²) in [7, 11) is 0. The van der Waals surface area contributed by atoms with Crippen molar-refractivity contribution in [2.24, 2.45) is 11.3 Å². The molecule has 2 rings (SSSR count). The van der Waals surface area contributed by atoms with Crippen LogP contribution in [0.3, 0.4) is 0 Å². The topological polar surface area (TPSA) is 75.6 Å². The largest absolute Gasteiger partial charge is 0.481 e. The van der Waals surface area contributed by atoms with Crippen molar-refractivity contribution in [3.05, 3.63) is 35.9 Å². The van der Waals surface area contributed by atoms with Crippen LogP contribution in [-0.2, 0) is 14.3 Å². The van der Waals surface area contributed by atoms with Gasteiger partial charge in [0.2, 0.25) is 5.91 Å². The number of carbonyl (C=O) groups is 2. The Bertz CT molecular complexity index is 527. The first-order chi connectivity index (χ1) is 10.4. The molecule has 1 amide bonds. The van der Waals surface area contributed by atoms with Gasteiger partial charge in [0.1, 0.15) is 0 Å². The molecule has 2 N–H and O–H groups in total. The number of nitrogens with one attached hydrogen (secondary N) is 1. The second kappa shape index (κ2) is 6.92. The summed E-state index contributed by atoms with van der Waals surface area (Å²) in [4.78, 5) is 23.0. The van der Waals surface area contributed by atoms with Gasteiger partial charge in [-0.15, -0.1) is 0 Å². The number of amides is 1. The van der Waals surface area contributed by atoms with Crippen LogP contribution in [0.4, 0.5) is 0 Å². The zero-order valence-electron chi connectivity index (χ0n) is 13.0. The number of carbonyl (C=O) groups excluding carboxylic acids is 1. The van der Waals surface area contributed by atoms with E-state index in [2.05, 4.69) is 5.32 Å². The van der Waals surface area contributed by atoms with Crippen molar-refractivity contribution in [3.63, 3.8) is 0 Å². The molecule has 2 atom stereocenters. The number of hydrogen-bond donors (Lipinski definition) is 2. The summed E-state index contributed by atoms with van der Waals surface area (Å²) >= 11 is 0. The first-order valence-electron chi connectivity index (χ1n) is 7.57. The zero-order chi connectivity index (χ0) is 16.2. The predicted octanol–water partition coefficient (Wildman–Crippen LogP) is 2.38. The van der Waals surface area contributed by atoms with Crippen LogP contribution in [0, 0.1) is 11.3 Å². The lowest BCUT2D eigenvalue weighted by Gasteiger charge is -2.21. The van der Waals surface area contributed by atoms with Crippen molar-refractivity contribution in [2.45, 2.75) is 32.8 Å². The van der Waals surface area contributed by atoms with Crippen LogP contribution in [0.25, 0.3) is 0 Å². The number of carboxylic acid groups (broad SMARTS) is 1. The molecular formula is C17H23NO4. The van der Waals surface area contributed by atoms with Crippen LogP contribution < -0.4 is 5.32 Å².